The Morgan fingerprint density at radius 3 is 2.85 bits per heavy atom. The van der Waals surface area contributed by atoms with Crippen LogP contribution in [0.15, 0.2) is 41.8 Å². The van der Waals surface area contributed by atoms with Gasteiger partial charge in [0, 0.05) is 31.2 Å². The Bertz CT molecular complexity index is 650. The van der Waals surface area contributed by atoms with Crippen molar-refractivity contribution in [3.8, 4) is 5.82 Å². The third-order valence-electron chi connectivity index (χ3n) is 4.19. The van der Waals surface area contributed by atoms with Crippen LogP contribution in [0.3, 0.4) is 0 Å². The number of hydrogen-bond acceptors (Lipinski definition) is 3. The summed E-state index contributed by atoms with van der Waals surface area (Å²) in [6.45, 7) is 8.01. The molecule has 1 atom stereocenters. The van der Waals surface area contributed by atoms with Gasteiger partial charge < -0.3 is 10.6 Å². The minimum atomic E-state index is 0.418. The molecule has 0 aliphatic rings. The Balaban J connectivity index is 1.92. The maximum atomic E-state index is 4.73. The Hall–Kier alpha value is -2.37. The fraction of sp³-hybridized carbons (Fsp3) is 0.550. The highest BCUT2D eigenvalue weighted by molar-refractivity contribution is 5.80. The molecular weight excluding hydrogens is 324 g/mol. The van der Waals surface area contributed by atoms with E-state index in [-0.39, 0.29) is 0 Å². The Morgan fingerprint density at radius 2 is 2.12 bits per heavy atom. The van der Waals surface area contributed by atoms with Gasteiger partial charge in [0.25, 0.3) is 0 Å². The molecule has 2 aromatic rings. The molecule has 2 N–H and O–H groups in total. The van der Waals surface area contributed by atoms with Crippen LogP contribution in [-0.2, 0) is 6.54 Å². The molecule has 2 aromatic heterocycles. The van der Waals surface area contributed by atoms with Crippen LogP contribution in [0.4, 0.5) is 0 Å². The number of nitrogens with one attached hydrogen (secondary N) is 2. The summed E-state index contributed by atoms with van der Waals surface area (Å²) in [4.78, 5) is 9.09. The van der Waals surface area contributed by atoms with E-state index in [1.165, 1.54) is 32.1 Å². The predicted octanol–water partition coefficient (Wildman–Crippen LogP) is 3.68. The van der Waals surface area contributed by atoms with Gasteiger partial charge in [-0.05, 0) is 44.0 Å². The summed E-state index contributed by atoms with van der Waals surface area (Å²) in [5, 5.41) is 11.1. The first-order valence-electron chi connectivity index (χ1n) is 9.72. The molecule has 6 nitrogen and oxygen atoms in total. The molecule has 0 radical (unpaired) electrons. The minimum absolute atomic E-state index is 0.418. The van der Waals surface area contributed by atoms with Crippen molar-refractivity contribution in [3.63, 3.8) is 0 Å². The van der Waals surface area contributed by atoms with Crippen molar-refractivity contribution in [1.82, 2.24) is 25.4 Å². The van der Waals surface area contributed by atoms with E-state index in [0.29, 0.717) is 12.6 Å². The minimum Gasteiger partial charge on any atom is -0.357 e. The van der Waals surface area contributed by atoms with Gasteiger partial charge in [-0.3, -0.25) is 0 Å². The molecule has 6 heteroatoms. The topological polar surface area (TPSA) is 67.1 Å². The van der Waals surface area contributed by atoms with E-state index in [1.54, 1.807) is 17.1 Å². The molecule has 0 aromatic carbocycles. The molecule has 0 bridgehead atoms. The number of nitrogens with zero attached hydrogens (tertiary/aromatic N) is 4. The molecular formula is C20H32N6. The van der Waals surface area contributed by atoms with Gasteiger partial charge in [0.05, 0.1) is 6.54 Å². The summed E-state index contributed by atoms with van der Waals surface area (Å²) in [6, 6.07) is 6.33. The highest BCUT2D eigenvalue weighted by Gasteiger charge is 2.05. The van der Waals surface area contributed by atoms with Gasteiger partial charge in [0.1, 0.15) is 0 Å². The normalized spacial score (nSPS) is 12.8. The smallest absolute Gasteiger partial charge is 0.191 e. The number of aromatic nitrogens is 3. The Labute approximate surface area is 157 Å². The standard InChI is InChI=1S/C20H32N6/c1-4-6-7-8-10-17(3)25-20(21-5-2)23-16-18-11-13-22-19(15-18)26-14-9-12-24-26/h9,11-15,17H,4-8,10,16H2,1-3H3,(H2,21,23,25). The summed E-state index contributed by atoms with van der Waals surface area (Å²) < 4.78 is 1.76. The van der Waals surface area contributed by atoms with Gasteiger partial charge in [-0.1, -0.05) is 32.6 Å². The second kappa shape index (κ2) is 11.3. The molecule has 26 heavy (non-hydrogen) atoms. The van der Waals surface area contributed by atoms with Crippen molar-refractivity contribution in [3.05, 3.63) is 42.4 Å². The lowest BCUT2D eigenvalue weighted by atomic mass is 10.1. The van der Waals surface area contributed by atoms with E-state index >= 15 is 0 Å². The summed E-state index contributed by atoms with van der Waals surface area (Å²) >= 11 is 0. The lowest BCUT2D eigenvalue weighted by molar-refractivity contribution is 0.537. The highest BCUT2D eigenvalue weighted by Crippen LogP contribution is 2.08. The van der Waals surface area contributed by atoms with E-state index in [0.717, 1.165) is 23.9 Å². The number of rotatable bonds is 10. The Morgan fingerprint density at radius 1 is 1.23 bits per heavy atom. The van der Waals surface area contributed by atoms with Crippen LogP contribution in [0, 0.1) is 0 Å². The fourth-order valence-electron chi connectivity index (χ4n) is 2.76. The largest absolute Gasteiger partial charge is 0.357 e. The number of unbranched alkanes of at least 4 members (excludes halogenated alkanes) is 3. The number of guanidine groups is 1. The molecule has 0 saturated heterocycles. The van der Waals surface area contributed by atoms with Gasteiger partial charge in [0.15, 0.2) is 11.8 Å². The highest BCUT2D eigenvalue weighted by atomic mass is 15.3. The molecule has 142 valence electrons. The monoisotopic (exact) mass is 356 g/mol. The molecule has 2 rings (SSSR count). The summed E-state index contributed by atoms with van der Waals surface area (Å²) in [7, 11) is 0. The number of aliphatic imine (C=N–C) groups is 1. The molecule has 0 amide bonds. The predicted molar refractivity (Wildman–Crippen MR) is 108 cm³/mol. The van der Waals surface area contributed by atoms with E-state index < -0.39 is 0 Å². The first-order chi connectivity index (χ1) is 12.7. The molecule has 0 spiro atoms. The second-order valence-electron chi connectivity index (χ2n) is 6.56. The molecule has 1 unspecified atom stereocenters. The number of pyridine rings is 1. The van der Waals surface area contributed by atoms with Crippen LogP contribution in [-0.4, -0.2) is 33.3 Å². The zero-order valence-corrected chi connectivity index (χ0v) is 16.3. The molecule has 0 aliphatic heterocycles. The molecule has 2 heterocycles. The fourth-order valence-corrected chi connectivity index (χ4v) is 2.76. The van der Waals surface area contributed by atoms with E-state index in [4.69, 9.17) is 4.99 Å². The van der Waals surface area contributed by atoms with Gasteiger partial charge in [-0.25, -0.2) is 14.7 Å². The third kappa shape index (κ3) is 6.86. The van der Waals surface area contributed by atoms with Crippen LogP contribution >= 0.6 is 0 Å². The van der Waals surface area contributed by atoms with Gasteiger partial charge in [0.2, 0.25) is 0 Å². The first kappa shape index (κ1) is 19.9. The van der Waals surface area contributed by atoms with Crippen LogP contribution in [0.2, 0.25) is 0 Å². The van der Waals surface area contributed by atoms with Crippen LogP contribution in [0.5, 0.6) is 0 Å². The zero-order chi connectivity index (χ0) is 18.6. The third-order valence-corrected chi connectivity index (χ3v) is 4.19. The SMILES string of the molecule is CCCCCCC(C)NC(=NCc1ccnc(-n2cccn2)c1)NCC. The zero-order valence-electron chi connectivity index (χ0n) is 16.3. The van der Waals surface area contributed by atoms with E-state index in [9.17, 15) is 0 Å². The maximum Gasteiger partial charge on any atom is 0.191 e. The van der Waals surface area contributed by atoms with Crippen molar-refractivity contribution < 1.29 is 0 Å². The van der Waals surface area contributed by atoms with Crippen molar-refractivity contribution in [2.45, 2.75) is 65.5 Å². The van der Waals surface area contributed by atoms with Crippen molar-refractivity contribution in [2.24, 2.45) is 4.99 Å². The molecule has 0 fully saturated rings. The van der Waals surface area contributed by atoms with Crippen LogP contribution < -0.4 is 10.6 Å². The maximum absolute atomic E-state index is 4.73. The summed E-state index contributed by atoms with van der Waals surface area (Å²) in [5.41, 5.74) is 1.11. The summed E-state index contributed by atoms with van der Waals surface area (Å²) in [5.74, 6) is 1.68. The van der Waals surface area contributed by atoms with Gasteiger partial charge in [-0.2, -0.15) is 5.10 Å². The van der Waals surface area contributed by atoms with Crippen molar-refractivity contribution in [1.29, 1.82) is 0 Å². The summed E-state index contributed by atoms with van der Waals surface area (Å²) in [6.07, 6.45) is 11.8. The van der Waals surface area contributed by atoms with Crippen LogP contribution in [0.25, 0.3) is 5.82 Å². The second-order valence-corrected chi connectivity index (χ2v) is 6.56. The van der Waals surface area contributed by atoms with E-state index in [2.05, 4.69) is 41.5 Å². The quantitative estimate of drug-likeness (QED) is 0.387. The van der Waals surface area contributed by atoms with E-state index in [1.807, 2.05) is 24.4 Å². The molecule has 0 aliphatic carbocycles. The number of hydrogen-bond donors (Lipinski definition) is 2. The van der Waals surface area contributed by atoms with Crippen molar-refractivity contribution in [2.75, 3.05) is 6.54 Å². The average molecular weight is 357 g/mol. The van der Waals surface area contributed by atoms with Gasteiger partial charge >= 0.3 is 0 Å². The van der Waals surface area contributed by atoms with Crippen molar-refractivity contribution >= 4 is 5.96 Å². The average Bonchev–Trinajstić information content (AvgIpc) is 3.19. The van der Waals surface area contributed by atoms with Crippen LogP contribution in [0.1, 0.15) is 58.4 Å². The lowest BCUT2D eigenvalue weighted by Gasteiger charge is -2.17. The lowest BCUT2D eigenvalue weighted by Crippen LogP contribution is -2.42. The van der Waals surface area contributed by atoms with Gasteiger partial charge in [-0.15, -0.1) is 0 Å². The molecule has 0 saturated carbocycles. The Kier molecular flexibility index (Phi) is 8.66. The first-order valence-corrected chi connectivity index (χ1v) is 9.72.